The van der Waals surface area contributed by atoms with Gasteiger partial charge in [-0.05, 0) is 27.6 Å². The third kappa shape index (κ3) is 3.87. The smallest absolute Gasteiger partial charge is 0.326 e. The molecule has 6 nitrogen and oxygen atoms in total. The van der Waals surface area contributed by atoms with Gasteiger partial charge in [-0.15, -0.1) is 0 Å². The van der Waals surface area contributed by atoms with Crippen molar-refractivity contribution >= 4 is 31.9 Å². The number of nitrogens with zero attached hydrogens (tertiary/aromatic N) is 1. The van der Waals surface area contributed by atoms with Crippen molar-refractivity contribution in [2.45, 2.75) is 10.9 Å². The lowest BCUT2D eigenvalue weighted by atomic mass is 10.1. The normalized spacial score (nSPS) is 12.8. The van der Waals surface area contributed by atoms with Gasteiger partial charge in [-0.25, -0.2) is 8.42 Å². The number of carbonyl (C=O) groups is 1. The summed E-state index contributed by atoms with van der Waals surface area (Å²) in [6, 6.07) is 8.06. The van der Waals surface area contributed by atoms with E-state index in [9.17, 15) is 18.3 Å². The van der Waals surface area contributed by atoms with E-state index in [1.54, 1.807) is 30.3 Å². The summed E-state index contributed by atoms with van der Waals surface area (Å²) in [4.78, 5) is 15.0. The first-order chi connectivity index (χ1) is 9.90. The van der Waals surface area contributed by atoms with Crippen molar-refractivity contribution in [1.29, 1.82) is 0 Å². The lowest BCUT2D eigenvalue weighted by Crippen LogP contribution is -2.33. The molecule has 110 valence electrons. The van der Waals surface area contributed by atoms with Crippen LogP contribution in [0.25, 0.3) is 0 Å². The molecule has 2 rings (SSSR count). The van der Waals surface area contributed by atoms with Crippen LogP contribution in [0.5, 0.6) is 0 Å². The molecule has 0 aliphatic carbocycles. The summed E-state index contributed by atoms with van der Waals surface area (Å²) < 4.78 is 27.1. The van der Waals surface area contributed by atoms with Gasteiger partial charge in [-0.2, -0.15) is 4.72 Å². The zero-order valence-electron chi connectivity index (χ0n) is 10.6. The largest absolute Gasteiger partial charge is 0.480 e. The van der Waals surface area contributed by atoms with E-state index in [1.807, 2.05) is 0 Å². The molecule has 0 spiro atoms. The molecule has 0 saturated carbocycles. The molecule has 0 saturated heterocycles. The van der Waals surface area contributed by atoms with Gasteiger partial charge in [-0.3, -0.25) is 9.78 Å². The molecule has 21 heavy (non-hydrogen) atoms. The highest BCUT2D eigenvalue weighted by atomic mass is 79.9. The highest BCUT2D eigenvalue weighted by Gasteiger charge is 2.27. The van der Waals surface area contributed by atoms with Gasteiger partial charge in [0.2, 0.25) is 10.0 Å². The molecule has 8 heteroatoms. The fourth-order valence-corrected chi connectivity index (χ4v) is 3.35. The molecule has 1 atom stereocenters. The highest BCUT2D eigenvalue weighted by Crippen LogP contribution is 2.19. The molecule has 1 heterocycles. The molecule has 0 radical (unpaired) electrons. The van der Waals surface area contributed by atoms with Crippen LogP contribution in [0.15, 0.2) is 58.2 Å². The van der Waals surface area contributed by atoms with E-state index in [1.165, 1.54) is 12.3 Å². The Balaban J connectivity index is 2.35. The third-order valence-corrected chi connectivity index (χ3v) is 4.47. The number of aliphatic carboxylic acids is 1. The van der Waals surface area contributed by atoms with Crippen molar-refractivity contribution in [1.82, 2.24) is 9.71 Å². The molecule has 2 aromatic rings. The number of nitrogens with one attached hydrogen (secondary N) is 1. The molecule has 2 N–H and O–H groups in total. The maximum atomic E-state index is 12.2. The summed E-state index contributed by atoms with van der Waals surface area (Å²) in [6.45, 7) is 0. The SMILES string of the molecule is O=C(O)C(NS(=O)(=O)c1cncc(Br)c1)c1ccccc1. The Morgan fingerprint density at radius 1 is 1.24 bits per heavy atom. The van der Waals surface area contributed by atoms with Crippen LogP contribution in [0.3, 0.4) is 0 Å². The number of carboxylic acid groups (broad SMARTS) is 1. The number of halogens is 1. The lowest BCUT2D eigenvalue weighted by Gasteiger charge is -2.15. The predicted molar refractivity (Wildman–Crippen MR) is 79.1 cm³/mol. The van der Waals surface area contributed by atoms with Gasteiger partial charge in [0.15, 0.2) is 0 Å². The topological polar surface area (TPSA) is 96.4 Å². The molecule has 1 aromatic carbocycles. The second-order valence-corrected chi connectivity index (χ2v) is 6.77. The number of pyridine rings is 1. The van der Waals surface area contributed by atoms with E-state index in [2.05, 4.69) is 25.6 Å². The van der Waals surface area contributed by atoms with Crippen LogP contribution in [0.4, 0.5) is 0 Å². The fraction of sp³-hybridized carbons (Fsp3) is 0.0769. The number of aromatic nitrogens is 1. The Hall–Kier alpha value is -1.77. The van der Waals surface area contributed by atoms with Gasteiger partial charge in [-0.1, -0.05) is 30.3 Å². The fourth-order valence-electron chi connectivity index (χ4n) is 1.67. The Kier molecular flexibility index (Phi) is 4.71. The van der Waals surface area contributed by atoms with E-state index in [-0.39, 0.29) is 4.90 Å². The molecule has 0 fully saturated rings. The predicted octanol–water partition coefficient (Wildman–Crippen LogP) is 1.95. The second kappa shape index (κ2) is 6.33. The summed E-state index contributed by atoms with van der Waals surface area (Å²) in [5, 5.41) is 9.24. The maximum Gasteiger partial charge on any atom is 0.326 e. The van der Waals surface area contributed by atoms with Crippen LogP contribution in [-0.4, -0.2) is 24.5 Å². The first-order valence-corrected chi connectivity index (χ1v) is 8.08. The summed E-state index contributed by atoms with van der Waals surface area (Å²) in [5.74, 6) is -1.28. The van der Waals surface area contributed by atoms with Crippen LogP contribution in [0.2, 0.25) is 0 Å². The van der Waals surface area contributed by atoms with Gasteiger partial charge in [0, 0.05) is 16.9 Å². The molecule has 0 bridgehead atoms. The molecule has 0 amide bonds. The first kappa shape index (κ1) is 15.6. The van der Waals surface area contributed by atoms with Crippen molar-refractivity contribution in [3.8, 4) is 0 Å². The van der Waals surface area contributed by atoms with E-state index >= 15 is 0 Å². The van der Waals surface area contributed by atoms with Crippen LogP contribution in [0.1, 0.15) is 11.6 Å². The van der Waals surface area contributed by atoms with Crippen LogP contribution < -0.4 is 4.72 Å². The van der Waals surface area contributed by atoms with Crippen molar-refractivity contribution in [3.05, 3.63) is 58.8 Å². The monoisotopic (exact) mass is 370 g/mol. The Morgan fingerprint density at radius 2 is 1.90 bits per heavy atom. The van der Waals surface area contributed by atoms with Crippen molar-refractivity contribution in [3.63, 3.8) is 0 Å². The van der Waals surface area contributed by atoms with Gasteiger partial charge in [0.1, 0.15) is 10.9 Å². The van der Waals surface area contributed by atoms with Gasteiger partial charge in [0.05, 0.1) is 0 Å². The number of sulfonamides is 1. The minimum Gasteiger partial charge on any atom is -0.480 e. The summed E-state index contributed by atoms with van der Waals surface area (Å²) in [7, 11) is -4.00. The van der Waals surface area contributed by atoms with E-state index in [0.29, 0.717) is 10.0 Å². The average molecular weight is 371 g/mol. The number of hydrogen-bond acceptors (Lipinski definition) is 4. The van der Waals surface area contributed by atoms with Gasteiger partial charge < -0.3 is 5.11 Å². The molecule has 1 aromatic heterocycles. The van der Waals surface area contributed by atoms with Gasteiger partial charge >= 0.3 is 5.97 Å². The molecule has 0 aliphatic rings. The minimum atomic E-state index is -4.00. The van der Waals surface area contributed by atoms with Crippen molar-refractivity contribution in [2.75, 3.05) is 0 Å². The number of hydrogen-bond donors (Lipinski definition) is 2. The van der Waals surface area contributed by atoms with Gasteiger partial charge in [0.25, 0.3) is 0 Å². The Morgan fingerprint density at radius 3 is 2.48 bits per heavy atom. The molecule has 1 unspecified atom stereocenters. The summed E-state index contributed by atoms with van der Waals surface area (Å²) in [6.07, 6.45) is 2.59. The van der Waals surface area contributed by atoms with E-state index in [4.69, 9.17) is 0 Å². The van der Waals surface area contributed by atoms with E-state index in [0.717, 1.165) is 6.20 Å². The lowest BCUT2D eigenvalue weighted by molar-refractivity contribution is -0.139. The highest BCUT2D eigenvalue weighted by molar-refractivity contribution is 9.10. The maximum absolute atomic E-state index is 12.2. The number of benzene rings is 1. The number of carboxylic acids is 1. The molecular weight excluding hydrogens is 360 g/mol. The average Bonchev–Trinajstić information content (AvgIpc) is 2.45. The zero-order valence-corrected chi connectivity index (χ0v) is 13.0. The Labute approximate surface area is 130 Å². The quantitative estimate of drug-likeness (QED) is 0.838. The number of rotatable bonds is 5. The van der Waals surface area contributed by atoms with Crippen LogP contribution in [0, 0.1) is 0 Å². The second-order valence-electron chi connectivity index (χ2n) is 4.14. The minimum absolute atomic E-state index is 0.112. The third-order valence-electron chi connectivity index (χ3n) is 2.64. The summed E-state index contributed by atoms with van der Waals surface area (Å²) in [5.41, 5.74) is 0.344. The van der Waals surface area contributed by atoms with E-state index < -0.39 is 22.0 Å². The summed E-state index contributed by atoms with van der Waals surface area (Å²) >= 11 is 3.12. The standard InChI is InChI=1S/C13H11BrN2O4S/c14-10-6-11(8-15-7-10)21(19,20)16-12(13(17)18)9-4-2-1-3-5-9/h1-8,12,16H,(H,17,18). The first-order valence-electron chi connectivity index (χ1n) is 5.81. The molecule has 0 aliphatic heterocycles. The Bertz CT molecular complexity index is 750. The van der Waals surface area contributed by atoms with Crippen LogP contribution in [-0.2, 0) is 14.8 Å². The van der Waals surface area contributed by atoms with Crippen molar-refractivity contribution in [2.24, 2.45) is 0 Å². The van der Waals surface area contributed by atoms with Crippen molar-refractivity contribution < 1.29 is 18.3 Å². The molecular formula is C13H11BrN2O4S. The van der Waals surface area contributed by atoms with Crippen LogP contribution >= 0.6 is 15.9 Å². The zero-order chi connectivity index (χ0) is 15.5.